The van der Waals surface area contributed by atoms with Gasteiger partial charge in [-0.25, -0.2) is 0 Å². The number of hydrogen-bond donors (Lipinski definition) is 1. The maximum Gasteiger partial charge on any atom is 0.306 e. The van der Waals surface area contributed by atoms with E-state index in [0.29, 0.717) is 6.42 Å². The summed E-state index contributed by atoms with van der Waals surface area (Å²) in [4.78, 5) is 10.5. The van der Waals surface area contributed by atoms with Crippen LogP contribution < -0.4 is 0 Å². The van der Waals surface area contributed by atoms with Gasteiger partial charge < -0.3 is 5.11 Å². The van der Waals surface area contributed by atoms with E-state index in [-0.39, 0.29) is 24.5 Å². The van der Waals surface area contributed by atoms with Crippen LogP contribution in [0.2, 0.25) is 0 Å². The smallest absolute Gasteiger partial charge is 0.306 e. The van der Waals surface area contributed by atoms with E-state index in [1.807, 2.05) is 30.3 Å². The fourth-order valence-corrected chi connectivity index (χ4v) is 1.05. The van der Waals surface area contributed by atoms with E-state index >= 15 is 0 Å². The topological polar surface area (TPSA) is 37.3 Å². The fraction of sp³-hybridized carbons (Fsp3) is 0.300. The molecule has 0 heterocycles. The summed E-state index contributed by atoms with van der Waals surface area (Å²) in [6.45, 7) is 1.72. The number of aliphatic carboxylic acids is 1. The second kappa shape index (κ2) is 5.84. The van der Waals surface area contributed by atoms with E-state index in [1.54, 1.807) is 6.92 Å². The van der Waals surface area contributed by atoms with Crippen molar-refractivity contribution in [1.82, 2.24) is 0 Å². The Balaban J connectivity index is 0.00000144. The molecule has 1 atom stereocenters. The van der Waals surface area contributed by atoms with E-state index in [1.165, 1.54) is 0 Å². The van der Waals surface area contributed by atoms with Crippen molar-refractivity contribution in [2.45, 2.75) is 13.3 Å². The summed E-state index contributed by atoms with van der Waals surface area (Å²) >= 11 is 0. The molecule has 0 aliphatic carbocycles. The van der Waals surface area contributed by atoms with Crippen LogP contribution >= 0.6 is 0 Å². The molecule has 13 heavy (non-hydrogen) atoms. The van der Waals surface area contributed by atoms with Gasteiger partial charge in [0, 0.05) is 18.6 Å². The largest absolute Gasteiger partial charge is 0.481 e. The van der Waals surface area contributed by atoms with Gasteiger partial charge in [-0.1, -0.05) is 37.3 Å². The van der Waals surface area contributed by atoms with Gasteiger partial charge in [0.2, 0.25) is 0 Å². The molecule has 3 heteroatoms. The van der Waals surface area contributed by atoms with Gasteiger partial charge in [0.05, 0.1) is 5.92 Å². The van der Waals surface area contributed by atoms with Crippen molar-refractivity contribution in [1.29, 1.82) is 0 Å². The average molecular weight is 215 g/mol. The first kappa shape index (κ1) is 12.3. The van der Waals surface area contributed by atoms with Crippen molar-refractivity contribution in [3.8, 4) is 0 Å². The molecule has 0 saturated heterocycles. The third-order valence-corrected chi connectivity index (χ3v) is 1.81. The van der Waals surface area contributed by atoms with Gasteiger partial charge in [0.15, 0.2) is 0 Å². The molecule has 0 amide bonds. The van der Waals surface area contributed by atoms with Crippen LogP contribution in [-0.4, -0.2) is 11.1 Å². The van der Waals surface area contributed by atoms with Crippen LogP contribution in [0.25, 0.3) is 0 Å². The first-order valence-electron chi connectivity index (χ1n) is 3.97. The zero-order valence-electron chi connectivity index (χ0n) is 7.47. The number of carboxylic acids is 1. The van der Waals surface area contributed by atoms with E-state index in [9.17, 15) is 4.79 Å². The summed E-state index contributed by atoms with van der Waals surface area (Å²) in [6, 6.07) is 9.65. The third-order valence-electron chi connectivity index (χ3n) is 1.81. The molecule has 1 N–H and O–H groups in total. The maximum absolute atomic E-state index is 10.5. The van der Waals surface area contributed by atoms with Crippen molar-refractivity contribution >= 4 is 5.97 Å². The Hall–Kier alpha value is -0.726. The molecule has 1 aromatic carbocycles. The number of carbonyl (C=O) groups is 1. The molecule has 0 saturated carbocycles. The van der Waals surface area contributed by atoms with Gasteiger partial charge in [-0.3, -0.25) is 4.79 Å². The van der Waals surface area contributed by atoms with Crippen molar-refractivity contribution in [3.05, 3.63) is 35.9 Å². The summed E-state index contributed by atoms with van der Waals surface area (Å²) in [5.74, 6) is -1.04. The SMILES string of the molecule is CC(Cc1ccccc1)C(=O)O.[V]. The Morgan fingerprint density at radius 1 is 1.38 bits per heavy atom. The molecule has 69 valence electrons. The van der Waals surface area contributed by atoms with Gasteiger partial charge in [0.25, 0.3) is 0 Å². The summed E-state index contributed by atoms with van der Waals surface area (Å²) in [7, 11) is 0. The average Bonchev–Trinajstić information content (AvgIpc) is 2.06. The molecule has 1 rings (SSSR count). The van der Waals surface area contributed by atoms with Crippen LogP contribution in [0.15, 0.2) is 30.3 Å². The molecule has 0 aliphatic heterocycles. The predicted octanol–water partition coefficient (Wildman–Crippen LogP) is 1.95. The monoisotopic (exact) mass is 215 g/mol. The van der Waals surface area contributed by atoms with Gasteiger partial charge in [0.1, 0.15) is 0 Å². The summed E-state index contributed by atoms with van der Waals surface area (Å²) in [5.41, 5.74) is 1.08. The Morgan fingerprint density at radius 3 is 2.38 bits per heavy atom. The summed E-state index contributed by atoms with van der Waals surface area (Å²) in [6.07, 6.45) is 0.607. The molecule has 0 fully saturated rings. The molecule has 1 unspecified atom stereocenters. The summed E-state index contributed by atoms with van der Waals surface area (Å²) in [5, 5.41) is 8.64. The quantitative estimate of drug-likeness (QED) is 0.836. The number of hydrogen-bond acceptors (Lipinski definition) is 1. The summed E-state index contributed by atoms with van der Waals surface area (Å²) < 4.78 is 0. The van der Waals surface area contributed by atoms with Gasteiger partial charge >= 0.3 is 5.97 Å². The van der Waals surface area contributed by atoms with Crippen LogP contribution in [0.4, 0.5) is 0 Å². The molecule has 0 aliphatic rings. The molecule has 0 bridgehead atoms. The number of rotatable bonds is 3. The standard InChI is InChI=1S/C10H12O2.V/c1-8(10(11)12)7-9-5-3-2-4-6-9;/h2-6,8H,7H2,1H3,(H,11,12);. The molecule has 2 nitrogen and oxygen atoms in total. The minimum atomic E-state index is -0.737. The van der Waals surface area contributed by atoms with Crippen LogP contribution in [-0.2, 0) is 29.8 Å². The zero-order chi connectivity index (χ0) is 8.97. The molecule has 1 aromatic rings. The third kappa shape index (κ3) is 4.16. The fourth-order valence-electron chi connectivity index (χ4n) is 1.05. The van der Waals surface area contributed by atoms with E-state index in [2.05, 4.69) is 0 Å². The molecular formula is C10H12O2V. The number of benzene rings is 1. The van der Waals surface area contributed by atoms with Crippen molar-refractivity contribution < 1.29 is 28.5 Å². The van der Waals surface area contributed by atoms with Crippen LogP contribution in [0.1, 0.15) is 12.5 Å². The van der Waals surface area contributed by atoms with E-state index in [4.69, 9.17) is 5.11 Å². The van der Waals surface area contributed by atoms with Gasteiger partial charge in [-0.15, -0.1) is 0 Å². The van der Waals surface area contributed by atoms with Crippen molar-refractivity contribution in [3.63, 3.8) is 0 Å². The molecular weight excluding hydrogens is 203 g/mol. The first-order valence-corrected chi connectivity index (χ1v) is 3.97. The first-order chi connectivity index (χ1) is 5.70. The zero-order valence-corrected chi connectivity index (χ0v) is 8.87. The van der Waals surface area contributed by atoms with E-state index in [0.717, 1.165) is 5.56 Å². The maximum atomic E-state index is 10.5. The van der Waals surface area contributed by atoms with Gasteiger partial charge in [-0.05, 0) is 12.0 Å². The van der Waals surface area contributed by atoms with Gasteiger partial charge in [-0.2, -0.15) is 0 Å². The van der Waals surface area contributed by atoms with Crippen LogP contribution in [0, 0.1) is 5.92 Å². The van der Waals surface area contributed by atoms with E-state index < -0.39 is 5.97 Å². The van der Waals surface area contributed by atoms with Crippen molar-refractivity contribution in [2.75, 3.05) is 0 Å². The van der Waals surface area contributed by atoms with Crippen LogP contribution in [0.3, 0.4) is 0 Å². The Labute approximate surface area is 89.9 Å². The molecule has 0 aromatic heterocycles. The molecule has 0 spiro atoms. The predicted molar refractivity (Wildman–Crippen MR) is 46.9 cm³/mol. The Morgan fingerprint density at radius 2 is 1.92 bits per heavy atom. The normalized spacial score (nSPS) is 11.5. The minimum absolute atomic E-state index is 0. The second-order valence-corrected chi connectivity index (χ2v) is 2.93. The minimum Gasteiger partial charge on any atom is -0.481 e. The Bertz CT molecular complexity index is 259. The Kier molecular flexibility index (Phi) is 5.52. The van der Waals surface area contributed by atoms with Crippen molar-refractivity contribution in [2.24, 2.45) is 5.92 Å². The van der Waals surface area contributed by atoms with Crippen LogP contribution in [0.5, 0.6) is 0 Å². The second-order valence-electron chi connectivity index (χ2n) is 2.93. The number of carboxylic acid groups (broad SMARTS) is 1. The molecule has 1 radical (unpaired) electrons.